The molecule has 0 aliphatic heterocycles. The molecule has 1 N–H and O–H groups in total. The highest BCUT2D eigenvalue weighted by Gasteiger charge is 2.12. The largest absolute Gasteiger partial charge is 0.378 e. The van der Waals surface area contributed by atoms with E-state index in [1.165, 1.54) is 0 Å². The molecule has 4 aromatic carbocycles. The summed E-state index contributed by atoms with van der Waals surface area (Å²) in [6.45, 7) is 0. The van der Waals surface area contributed by atoms with Crippen LogP contribution in [0.25, 0.3) is 22.4 Å². The molecule has 0 aliphatic carbocycles. The molecule has 196 valence electrons. The van der Waals surface area contributed by atoms with Gasteiger partial charge in [0, 0.05) is 69.1 Å². The van der Waals surface area contributed by atoms with Gasteiger partial charge in [-0.3, -0.25) is 9.59 Å². The maximum atomic E-state index is 13.0. The van der Waals surface area contributed by atoms with Crippen molar-refractivity contribution in [1.82, 2.24) is 9.97 Å². The molecule has 0 aliphatic rings. The molecule has 0 bridgehead atoms. The molecular weight excluding hydrogens is 484 g/mol. The molecule has 5 rings (SSSR count). The van der Waals surface area contributed by atoms with Gasteiger partial charge in [0.05, 0.1) is 11.0 Å². The molecule has 0 unspecified atom stereocenters. The number of H-pyrrole nitrogens is 1. The van der Waals surface area contributed by atoms with Crippen LogP contribution in [0.15, 0.2) is 91.0 Å². The number of nitrogens with one attached hydrogen (secondary N) is 1. The van der Waals surface area contributed by atoms with Gasteiger partial charge in [-0.2, -0.15) is 0 Å². The molecular formula is C33H32N4O2. The van der Waals surface area contributed by atoms with Crippen LogP contribution in [0.1, 0.15) is 31.8 Å². The van der Waals surface area contributed by atoms with Gasteiger partial charge in [0.2, 0.25) is 0 Å². The number of Topliss-reactive ketones (excluding diaryl/α,β-unsaturated/α-hetero) is 2. The number of ketones is 2. The van der Waals surface area contributed by atoms with E-state index in [4.69, 9.17) is 4.98 Å². The summed E-state index contributed by atoms with van der Waals surface area (Å²) in [5.74, 6) is 0.892. The molecule has 39 heavy (non-hydrogen) atoms. The number of carbonyl (C=O) groups is 2. The summed E-state index contributed by atoms with van der Waals surface area (Å²) in [6.07, 6.45) is 0.588. The summed E-state index contributed by atoms with van der Waals surface area (Å²) >= 11 is 0. The second kappa shape index (κ2) is 11.0. The first-order chi connectivity index (χ1) is 18.8. The van der Waals surface area contributed by atoms with Crippen LogP contribution in [-0.2, 0) is 12.8 Å². The van der Waals surface area contributed by atoms with E-state index in [0.29, 0.717) is 24.0 Å². The highest BCUT2D eigenvalue weighted by atomic mass is 16.1. The first kappa shape index (κ1) is 25.9. The molecule has 6 nitrogen and oxygen atoms in total. The average molecular weight is 517 g/mol. The molecule has 0 spiro atoms. The first-order valence-electron chi connectivity index (χ1n) is 13.0. The summed E-state index contributed by atoms with van der Waals surface area (Å²) in [6, 6.07) is 29.1. The van der Waals surface area contributed by atoms with Crippen LogP contribution in [0.2, 0.25) is 0 Å². The Hall–Kier alpha value is -4.71. The number of aromatic nitrogens is 2. The fourth-order valence-electron chi connectivity index (χ4n) is 4.55. The lowest BCUT2D eigenvalue weighted by Gasteiger charge is -2.12. The van der Waals surface area contributed by atoms with E-state index >= 15 is 0 Å². The van der Waals surface area contributed by atoms with Crippen LogP contribution in [0.3, 0.4) is 0 Å². The lowest BCUT2D eigenvalue weighted by atomic mass is 9.98. The minimum atomic E-state index is 0.0329. The minimum absolute atomic E-state index is 0.0329. The van der Waals surface area contributed by atoms with E-state index in [1.54, 1.807) is 0 Å². The molecule has 5 aromatic rings. The van der Waals surface area contributed by atoms with Crippen LogP contribution in [0.5, 0.6) is 0 Å². The molecule has 0 saturated heterocycles. The Balaban J connectivity index is 1.23. The van der Waals surface area contributed by atoms with Crippen LogP contribution in [0, 0.1) is 0 Å². The highest BCUT2D eigenvalue weighted by molar-refractivity contribution is 5.99. The van der Waals surface area contributed by atoms with Gasteiger partial charge < -0.3 is 14.8 Å². The zero-order chi connectivity index (χ0) is 27.5. The van der Waals surface area contributed by atoms with Crippen molar-refractivity contribution in [3.05, 3.63) is 113 Å². The van der Waals surface area contributed by atoms with E-state index in [9.17, 15) is 9.59 Å². The summed E-state index contributed by atoms with van der Waals surface area (Å²) in [5, 5.41) is 0. The van der Waals surface area contributed by atoms with Gasteiger partial charge in [-0.05, 0) is 71.8 Å². The van der Waals surface area contributed by atoms with E-state index in [0.717, 1.165) is 44.9 Å². The Labute approximate surface area is 228 Å². The number of imidazole rings is 1. The number of hydrogen-bond donors (Lipinski definition) is 1. The number of benzene rings is 4. The number of hydrogen-bond acceptors (Lipinski definition) is 5. The van der Waals surface area contributed by atoms with Gasteiger partial charge >= 0.3 is 0 Å². The number of rotatable bonds is 9. The van der Waals surface area contributed by atoms with Crippen molar-refractivity contribution in [1.29, 1.82) is 0 Å². The van der Waals surface area contributed by atoms with Crippen molar-refractivity contribution in [3.63, 3.8) is 0 Å². The van der Waals surface area contributed by atoms with E-state index in [2.05, 4.69) is 34.1 Å². The Kier molecular flexibility index (Phi) is 7.28. The number of fused-ring (bicyclic) bond motifs is 1. The fourth-order valence-corrected chi connectivity index (χ4v) is 4.55. The third-order valence-corrected chi connectivity index (χ3v) is 6.91. The predicted octanol–water partition coefficient (Wildman–Crippen LogP) is 6.21. The molecule has 0 radical (unpaired) electrons. The van der Waals surface area contributed by atoms with Crippen LogP contribution in [-0.4, -0.2) is 49.7 Å². The SMILES string of the molecule is CN(C)c1ccc(C(=O)Cc2ccc(C(=O)Cc3ccc4nc(-c5ccc(N(C)C)cc5)[nH]c4c3)cc2)cc1. The summed E-state index contributed by atoms with van der Waals surface area (Å²) < 4.78 is 0. The Morgan fingerprint density at radius 3 is 1.69 bits per heavy atom. The molecule has 6 heteroatoms. The average Bonchev–Trinajstić information content (AvgIpc) is 3.37. The Morgan fingerprint density at radius 2 is 1.13 bits per heavy atom. The molecule has 0 fully saturated rings. The van der Waals surface area contributed by atoms with E-state index in [-0.39, 0.29) is 11.6 Å². The first-order valence-corrected chi connectivity index (χ1v) is 13.0. The third kappa shape index (κ3) is 5.91. The molecule has 1 aromatic heterocycles. The highest BCUT2D eigenvalue weighted by Crippen LogP contribution is 2.24. The lowest BCUT2D eigenvalue weighted by Crippen LogP contribution is -2.09. The number of anilines is 2. The van der Waals surface area contributed by atoms with Crippen molar-refractivity contribution in [3.8, 4) is 11.4 Å². The fraction of sp³-hybridized carbons (Fsp3) is 0.182. The topological polar surface area (TPSA) is 69.3 Å². The van der Waals surface area contributed by atoms with Crippen LogP contribution >= 0.6 is 0 Å². The van der Waals surface area contributed by atoms with Gasteiger partial charge in [0.1, 0.15) is 5.82 Å². The second-order valence-corrected chi connectivity index (χ2v) is 10.2. The van der Waals surface area contributed by atoms with E-state index < -0.39 is 0 Å². The summed E-state index contributed by atoms with van der Waals surface area (Å²) in [4.78, 5) is 37.9. The van der Waals surface area contributed by atoms with Gasteiger partial charge in [0.15, 0.2) is 11.6 Å². The number of aromatic amines is 1. The third-order valence-electron chi connectivity index (χ3n) is 6.91. The van der Waals surface area contributed by atoms with Crippen LogP contribution in [0.4, 0.5) is 11.4 Å². The predicted molar refractivity (Wildman–Crippen MR) is 159 cm³/mol. The monoisotopic (exact) mass is 516 g/mol. The maximum absolute atomic E-state index is 13.0. The number of nitrogens with zero attached hydrogens (tertiary/aromatic N) is 3. The second-order valence-electron chi connectivity index (χ2n) is 10.2. The summed E-state index contributed by atoms with van der Waals surface area (Å²) in [5.41, 5.74) is 8.09. The van der Waals surface area contributed by atoms with Crippen molar-refractivity contribution in [2.75, 3.05) is 38.0 Å². The molecule has 0 saturated carbocycles. The molecule has 0 amide bonds. The molecule has 0 atom stereocenters. The minimum Gasteiger partial charge on any atom is -0.378 e. The van der Waals surface area contributed by atoms with Crippen molar-refractivity contribution in [2.45, 2.75) is 12.8 Å². The smallest absolute Gasteiger partial charge is 0.167 e. The Bertz CT molecular complexity index is 1610. The lowest BCUT2D eigenvalue weighted by molar-refractivity contribution is 0.0986. The molecule has 1 heterocycles. The normalized spacial score (nSPS) is 11.0. The Morgan fingerprint density at radius 1 is 0.641 bits per heavy atom. The van der Waals surface area contributed by atoms with Crippen molar-refractivity contribution < 1.29 is 9.59 Å². The number of carbonyl (C=O) groups excluding carboxylic acids is 2. The van der Waals surface area contributed by atoms with Gasteiger partial charge in [0.25, 0.3) is 0 Å². The zero-order valence-electron chi connectivity index (χ0n) is 22.7. The van der Waals surface area contributed by atoms with Crippen LogP contribution < -0.4 is 9.80 Å². The summed E-state index contributed by atoms with van der Waals surface area (Å²) in [7, 11) is 7.97. The van der Waals surface area contributed by atoms with Gasteiger partial charge in [-0.1, -0.05) is 30.3 Å². The van der Waals surface area contributed by atoms with Crippen molar-refractivity contribution in [2.24, 2.45) is 0 Å². The van der Waals surface area contributed by atoms with Gasteiger partial charge in [-0.15, -0.1) is 0 Å². The maximum Gasteiger partial charge on any atom is 0.167 e. The quantitative estimate of drug-likeness (QED) is 0.236. The van der Waals surface area contributed by atoms with Gasteiger partial charge in [-0.25, -0.2) is 4.98 Å². The standard InChI is InChI=1S/C33H32N4O2/c1-36(2)27-14-10-25(11-15-27)31(38)20-22-5-8-24(9-6-22)32(39)21-23-7-18-29-30(19-23)35-33(34-29)26-12-16-28(17-13-26)37(3)4/h5-19H,20-21H2,1-4H3,(H,34,35). The van der Waals surface area contributed by atoms with Crippen molar-refractivity contribution >= 4 is 34.0 Å². The zero-order valence-corrected chi connectivity index (χ0v) is 22.7. The van der Waals surface area contributed by atoms with E-state index in [1.807, 2.05) is 99.8 Å².